The minimum Gasteiger partial charge on any atom is -0.348 e. The Bertz CT molecular complexity index is 485. The molecular formula is C19H32F2O3. The normalized spacial score (nSPS) is 38.5. The second-order valence-electron chi connectivity index (χ2n) is 8.66. The van der Waals surface area contributed by atoms with Crippen LogP contribution in [0.3, 0.4) is 0 Å². The largest absolute Gasteiger partial charge is 0.348 e. The second-order valence-corrected chi connectivity index (χ2v) is 8.66. The van der Waals surface area contributed by atoms with Crippen LogP contribution in [-0.2, 0) is 14.3 Å². The first kappa shape index (κ1) is 19.8. The van der Waals surface area contributed by atoms with E-state index in [-0.39, 0.29) is 48.2 Å². The minimum absolute atomic E-state index is 0.0543. The number of halogens is 2. The van der Waals surface area contributed by atoms with Gasteiger partial charge in [0, 0.05) is 39.4 Å². The van der Waals surface area contributed by atoms with E-state index >= 15 is 8.78 Å². The Balaban J connectivity index is 2.52. The number of carbonyl (C=O) groups is 1. The van der Waals surface area contributed by atoms with Crippen LogP contribution in [-0.4, -0.2) is 31.7 Å². The van der Waals surface area contributed by atoms with Gasteiger partial charge in [0.2, 0.25) is 5.79 Å². The molecule has 2 aliphatic carbocycles. The third kappa shape index (κ3) is 2.72. The third-order valence-electron chi connectivity index (χ3n) is 6.67. The van der Waals surface area contributed by atoms with Crippen molar-refractivity contribution in [1.82, 2.24) is 0 Å². The van der Waals surface area contributed by atoms with Gasteiger partial charge in [0.25, 0.3) is 0 Å². The van der Waals surface area contributed by atoms with E-state index in [0.29, 0.717) is 6.42 Å². The first-order valence-corrected chi connectivity index (χ1v) is 8.96. The molecule has 2 saturated carbocycles. The molecule has 140 valence electrons. The molecule has 0 saturated heterocycles. The van der Waals surface area contributed by atoms with Crippen molar-refractivity contribution in [2.75, 3.05) is 14.2 Å². The van der Waals surface area contributed by atoms with Crippen molar-refractivity contribution in [2.24, 2.45) is 35.0 Å². The summed E-state index contributed by atoms with van der Waals surface area (Å²) in [5.74, 6) is -4.83. The number of Topliss-reactive ketones (excluding diaryl/α,β-unsaturated/α-hetero) is 1. The molecule has 2 fully saturated rings. The smallest absolute Gasteiger partial charge is 0.301 e. The van der Waals surface area contributed by atoms with Crippen molar-refractivity contribution < 1.29 is 23.0 Å². The van der Waals surface area contributed by atoms with Crippen LogP contribution >= 0.6 is 0 Å². The molecule has 0 heterocycles. The molecule has 24 heavy (non-hydrogen) atoms. The maximum absolute atomic E-state index is 15.1. The lowest BCUT2D eigenvalue weighted by molar-refractivity contribution is -0.362. The van der Waals surface area contributed by atoms with Gasteiger partial charge in [0.05, 0.1) is 0 Å². The minimum atomic E-state index is -3.09. The number of ketones is 1. The highest BCUT2D eigenvalue weighted by atomic mass is 19.3. The molecule has 2 aliphatic rings. The lowest BCUT2D eigenvalue weighted by Crippen LogP contribution is -2.65. The maximum Gasteiger partial charge on any atom is 0.301 e. The van der Waals surface area contributed by atoms with Crippen molar-refractivity contribution in [3.8, 4) is 0 Å². The topological polar surface area (TPSA) is 35.5 Å². The summed E-state index contributed by atoms with van der Waals surface area (Å²) in [4.78, 5) is 12.8. The van der Waals surface area contributed by atoms with Gasteiger partial charge in [-0.3, -0.25) is 4.79 Å². The van der Waals surface area contributed by atoms with Crippen LogP contribution in [0.15, 0.2) is 0 Å². The quantitative estimate of drug-likeness (QED) is 0.701. The van der Waals surface area contributed by atoms with Crippen LogP contribution in [0.2, 0.25) is 0 Å². The summed E-state index contributed by atoms with van der Waals surface area (Å²) in [6.07, 6.45) is 0.0993. The van der Waals surface area contributed by atoms with Crippen molar-refractivity contribution in [3.63, 3.8) is 0 Å². The average molecular weight is 346 g/mol. The van der Waals surface area contributed by atoms with Crippen LogP contribution in [0.25, 0.3) is 0 Å². The SMILES string of the molecule is COC1(OC)C[C@H]2CC(=O)C(C(C)C)C(C(C)C)[C@@]2(C)CC1(F)F. The van der Waals surface area contributed by atoms with E-state index in [9.17, 15) is 4.79 Å². The van der Waals surface area contributed by atoms with Crippen LogP contribution in [0, 0.1) is 35.0 Å². The van der Waals surface area contributed by atoms with E-state index < -0.39 is 17.1 Å². The third-order valence-corrected chi connectivity index (χ3v) is 6.67. The lowest BCUT2D eigenvalue weighted by Gasteiger charge is -2.60. The van der Waals surface area contributed by atoms with Crippen LogP contribution in [0.4, 0.5) is 8.78 Å². The molecule has 0 radical (unpaired) electrons. The number of methoxy groups -OCH3 is 2. The van der Waals surface area contributed by atoms with Crippen molar-refractivity contribution >= 4 is 5.78 Å². The zero-order chi connectivity index (χ0) is 18.5. The van der Waals surface area contributed by atoms with E-state index in [2.05, 4.69) is 0 Å². The number of alkyl halides is 2. The number of hydrogen-bond donors (Lipinski definition) is 0. The molecule has 2 unspecified atom stereocenters. The van der Waals surface area contributed by atoms with Gasteiger partial charge in [-0.1, -0.05) is 34.6 Å². The predicted octanol–water partition coefficient (Wildman–Crippen LogP) is 4.54. The Kier molecular flexibility index (Phi) is 5.20. The highest BCUT2D eigenvalue weighted by Gasteiger charge is 2.68. The fraction of sp³-hybridized carbons (Fsp3) is 0.947. The fourth-order valence-electron chi connectivity index (χ4n) is 5.66. The van der Waals surface area contributed by atoms with Crippen LogP contribution < -0.4 is 0 Å². The Morgan fingerprint density at radius 3 is 2.04 bits per heavy atom. The lowest BCUT2D eigenvalue weighted by atomic mass is 9.47. The Hall–Kier alpha value is -0.550. The van der Waals surface area contributed by atoms with Crippen LogP contribution in [0.5, 0.6) is 0 Å². The zero-order valence-corrected chi connectivity index (χ0v) is 16.0. The standard InChI is InChI=1S/C19H32F2O3/c1-11(2)15-14(22)8-13-9-19(23-6,24-7)18(20,21)10-17(13,5)16(15)12(3)4/h11-13,15-16H,8-10H2,1-7H3/t13-,15?,16?,17+/m1/s1. The maximum atomic E-state index is 15.1. The summed E-state index contributed by atoms with van der Waals surface area (Å²) in [5.41, 5.74) is -0.596. The molecule has 0 aromatic heterocycles. The molecule has 2 rings (SSSR count). The molecular weight excluding hydrogens is 314 g/mol. The molecule has 0 bridgehead atoms. The van der Waals surface area contributed by atoms with Gasteiger partial charge in [0.15, 0.2) is 0 Å². The summed E-state index contributed by atoms with van der Waals surface area (Å²) in [5, 5.41) is 0. The molecule has 0 spiro atoms. The van der Waals surface area contributed by atoms with E-state index in [1.54, 1.807) is 0 Å². The first-order valence-electron chi connectivity index (χ1n) is 8.96. The molecule has 0 amide bonds. The van der Waals surface area contributed by atoms with Crippen molar-refractivity contribution in [2.45, 2.75) is 65.6 Å². The van der Waals surface area contributed by atoms with Gasteiger partial charge >= 0.3 is 5.92 Å². The fourth-order valence-corrected chi connectivity index (χ4v) is 5.66. The molecule has 0 aromatic carbocycles. The highest BCUT2D eigenvalue weighted by Crippen LogP contribution is 2.63. The van der Waals surface area contributed by atoms with Crippen molar-refractivity contribution in [1.29, 1.82) is 0 Å². The second kappa shape index (κ2) is 6.31. The number of rotatable bonds is 4. The molecule has 4 atom stereocenters. The number of carbonyl (C=O) groups excluding carboxylic acids is 1. The molecule has 5 heteroatoms. The van der Waals surface area contributed by atoms with Gasteiger partial charge in [-0.25, -0.2) is 8.78 Å². The summed E-state index contributed by atoms with van der Waals surface area (Å²) in [7, 11) is 2.53. The van der Waals surface area contributed by atoms with Gasteiger partial charge in [-0.2, -0.15) is 0 Å². The zero-order valence-electron chi connectivity index (χ0n) is 16.0. The van der Waals surface area contributed by atoms with Gasteiger partial charge in [-0.05, 0) is 29.1 Å². The predicted molar refractivity (Wildman–Crippen MR) is 88.8 cm³/mol. The summed E-state index contributed by atoms with van der Waals surface area (Å²) in [6, 6.07) is 0. The number of fused-ring (bicyclic) bond motifs is 1. The summed E-state index contributed by atoms with van der Waals surface area (Å²) in [6.45, 7) is 10.1. The van der Waals surface area contributed by atoms with Gasteiger partial charge in [-0.15, -0.1) is 0 Å². The molecule has 0 N–H and O–H groups in total. The Morgan fingerprint density at radius 1 is 1.08 bits per heavy atom. The first-order chi connectivity index (χ1) is 11.0. The van der Waals surface area contributed by atoms with Gasteiger partial charge < -0.3 is 9.47 Å². The van der Waals surface area contributed by atoms with E-state index in [1.807, 2.05) is 34.6 Å². The molecule has 0 aromatic rings. The molecule has 3 nitrogen and oxygen atoms in total. The molecule has 0 aliphatic heterocycles. The number of hydrogen-bond acceptors (Lipinski definition) is 3. The Labute approximate surface area is 144 Å². The summed E-state index contributed by atoms with van der Waals surface area (Å²) < 4.78 is 40.5. The number of ether oxygens (including phenoxy) is 2. The summed E-state index contributed by atoms with van der Waals surface area (Å²) >= 11 is 0. The highest BCUT2D eigenvalue weighted by molar-refractivity contribution is 5.83. The average Bonchev–Trinajstić information content (AvgIpc) is 2.45. The van der Waals surface area contributed by atoms with E-state index in [4.69, 9.17) is 9.47 Å². The van der Waals surface area contributed by atoms with E-state index in [1.165, 1.54) is 14.2 Å². The van der Waals surface area contributed by atoms with Crippen molar-refractivity contribution in [3.05, 3.63) is 0 Å². The van der Waals surface area contributed by atoms with E-state index in [0.717, 1.165) is 0 Å². The van der Waals surface area contributed by atoms with Crippen LogP contribution in [0.1, 0.15) is 53.9 Å². The Morgan fingerprint density at radius 2 is 1.62 bits per heavy atom. The monoisotopic (exact) mass is 346 g/mol. The van der Waals surface area contributed by atoms with Gasteiger partial charge in [0.1, 0.15) is 5.78 Å².